The zero-order valence-corrected chi connectivity index (χ0v) is 14.2. The molecule has 0 aliphatic heterocycles. The molecule has 1 aromatic carbocycles. The maximum Gasteiger partial charge on any atom is 0.240 e. The fourth-order valence-electron chi connectivity index (χ4n) is 1.92. The van der Waals surface area contributed by atoms with Gasteiger partial charge in [0.15, 0.2) is 0 Å². The molecule has 0 saturated carbocycles. The molecule has 21 heavy (non-hydrogen) atoms. The number of hydrogen-bond donors (Lipinski definition) is 2. The minimum Gasteiger partial charge on any atom is -0.310 e. The first-order valence-electron chi connectivity index (χ1n) is 7.34. The van der Waals surface area contributed by atoms with E-state index in [0.717, 1.165) is 18.5 Å². The van der Waals surface area contributed by atoms with Gasteiger partial charge in [-0.2, -0.15) is 0 Å². The molecule has 120 valence electrons. The van der Waals surface area contributed by atoms with Crippen molar-refractivity contribution in [3.63, 3.8) is 0 Å². The van der Waals surface area contributed by atoms with Crippen LogP contribution in [0.15, 0.2) is 29.2 Å². The normalized spacial score (nSPS) is 13.6. The average Bonchev–Trinajstić information content (AvgIpc) is 2.44. The number of hydrogen-bond acceptors (Lipinski definition) is 4. The number of rotatable bonds is 9. The van der Waals surface area contributed by atoms with Crippen LogP contribution in [0.3, 0.4) is 0 Å². The van der Waals surface area contributed by atoms with E-state index in [1.807, 2.05) is 32.0 Å². The minimum atomic E-state index is -3.44. The first kappa shape index (κ1) is 18.1. The topological polar surface area (TPSA) is 61.4 Å². The Labute approximate surface area is 128 Å². The molecular weight excluding hydrogens is 286 g/mol. The molecule has 0 heterocycles. The van der Waals surface area contributed by atoms with Gasteiger partial charge in [0.05, 0.1) is 4.90 Å². The smallest absolute Gasteiger partial charge is 0.240 e. The average molecular weight is 313 g/mol. The number of benzene rings is 1. The summed E-state index contributed by atoms with van der Waals surface area (Å²) in [5, 5.41) is 3.36. The zero-order valence-electron chi connectivity index (χ0n) is 13.4. The van der Waals surface area contributed by atoms with Gasteiger partial charge in [0.2, 0.25) is 10.0 Å². The van der Waals surface area contributed by atoms with Crippen molar-refractivity contribution in [3.05, 3.63) is 29.8 Å². The molecule has 0 aliphatic rings. The van der Waals surface area contributed by atoms with Gasteiger partial charge in [-0.15, -0.1) is 0 Å². The van der Waals surface area contributed by atoms with Gasteiger partial charge >= 0.3 is 0 Å². The monoisotopic (exact) mass is 313 g/mol. The maximum absolute atomic E-state index is 12.3. The van der Waals surface area contributed by atoms with Gasteiger partial charge in [0, 0.05) is 19.1 Å². The van der Waals surface area contributed by atoms with Crippen molar-refractivity contribution in [2.24, 2.45) is 0 Å². The lowest BCUT2D eigenvalue weighted by atomic mass is 10.1. The highest BCUT2D eigenvalue weighted by atomic mass is 32.2. The van der Waals surface area contributed by atoms with Crippen LogP contribution in [0.25, 0.3) is 0 Å². The molecule has 0 spiro atoms. The molecule has 0 radical (unpaired) electrons. The van der Waals surface area contributed by atoms with Crippen molar-refractivity contribution in [1.29, 1.82) is 0 Å². The SMILES string of the molecule is CCCNC(C)c1cccc(S(=O)(=O)NCCN(C)C)c1. The summed E-state index contributed by atoms with van der Waals surface area (Å²) in [5.74, 6) is 0. The van der Waals surface area contributed by atoms with Crippen LogP contribution in [0.2, 0.25) is 0 Å². The predicted octanol–water partition coefficient (Wildman–Crippen LogP) is 1.59. The fraction of sp³-hybridized carbons (Fsp3) is 0.600. The summed E-state index contributed by atoms with van der Waals surface area (Å²) < 4.78 is 27.1. The first-order valence-corrected chi connectivity index (χ1v) is 8.83. The minimum absolute atomic E-state index is 0.141. The number of nitrogens with zero attached hydrogens (tertiary/aromatic N) is 1. The number of sulfonamides is 1. The second-order valence-corrected chi connectivity index (χ2v) is 7.22. The van der Waals surface area contributed by atoms with E-state index in [0.29, 0.717) is 18.0 Å². The Hall–Kier alpha value is -0.950. The third-order valence-corrected chi connectivity index (χ3v) is 4.68. The van der Waals surface area contributed by atoms with E-state index in [9.17, 15) is 8.42 Å². The second-order valence-electron chi connectivity index (χ2n) is 5.45. The molecule has 0 amide bonds. The van der Waals surface area contributed by atoms with Crippen LogP contribution < -0.4 is 10.0 Å². The van der Waals surface area contributed by atoms with Gasteiger partial charge in [0.25, 0.3) is 0 Å². The molecule has 1 unspecified atom stereocenters. The van der Waals surface area contributed by atoms with Gasteiger partial charge in [-0.3, -0.25) is 0 Å². The maximum atomic E-state index is 12.3. The van der Waals surface area contributed by atoms with E-state index in [4.69, 9.17) is 0 Å². The molecule has 0 aliphatic carbocycles. The summed E-state index contributed by atoms with van der Waals surface area (Å²) in [4.78, 5) is 2.26. The molecular formula is C15H27N3O2S. The summed E-state index contributed by atoms with van der Waals surface area (Å²) >= 11 is 0. The van der Waals surface area contributed by atoms with E-state index in [1.165, 1.54) is 0 Å². The summed E-state index contributed by atoms with van der Waals surface area (Å²) in [7, 11) is 0.388. The Morgan fingerprint density at radius 2 is 1.95 bits per heavy atom. The molecule has 0 fully saturated rings. The fourth-order valence-corrected chi connectivity index (χ4v) is 2.99. The molecule has 2 N–H and O–H groups in total. The third kappa shape index (κ3) is 6.13. The third-order valence-electron chi connectivity index (χ3n) is 3.22. The number of nitrogens with one attached hydrogen (secondary N) is 2. The summed E-state index contributed by atoms with van der Waals surface area (Å²) in [6, 6.07) is 7.26. The lowest BCUT2D eigenvalue weighted by Crippen LogP contribution is -2.31. The molecule has 1 rings (SSSR count). The van der Waals surface area contributed by atoms with E-state index in [2.05, 4.69) is 17.0 Å². The largest absolute Gasteiger partial charge is 0.310 e. The second kappa shape index (κ2) is 8.48. The van der Waals surface area contributed by atoms with Crippen molar-refractivity contribution in [2.75, 3.05) is 33.7 Å². The van der Waals surface area contributed by atoms with Crippen LogP contribution in [0.4, 0.5) is 0 Å². The van der Waals surface area contributed by atoms with Crippen molar-refractivity contribution in [3.8, 4) is 0 Å². The molecule has 0 bridgehead atoms. The Balaban J connectivity index is 2.78. The van der Waals surface area contributed by atoms with Crippen LogP contribution in [0.1, 0.15) is 31.9 Å². The van der Waals surface area contributed by atoms with Gasteiger partial charge in [-0.1, -0.05) is 19.1 Å². The summed E-state index contributed by atoms with van der Waals surface area (Å²) in [6.45, 7) is 6.14. The van der Waals surface area contributed by atoms with Crippen LogP contribution in [0, 0.1) is 0 Å². The highest BCUT2D eigenvalue weighted by Gasteiger charge is 2.15. The van der Waals surface area contributed by atoms with Crippen LogP contribution in [0.5, 0.6) is 0 Å². The highest BCUT2D eigenvalue weighted by Crippen LogP contribution is 2.17. The predicted molar refractivity (Wildman–Crippen MR) is 86.9 cm³/mol. The van der Waals surface area contributed by atoms with Crippen molar-refractivity contribution >= 4 is 10.0 Å². The van der Waals surface area contributed by atoms with Gasteiger partial charge in [-0.05, 0) is 51.7 Å². The van der Waals surface area contributed by atoms with Crippen LogP contribution in [-0.2, 0) is 10.0 Å². The lowest BCUT2D eigenvalue weighted by Gasteiger charge is -2.15. The molecule has 0 saturated heterocycles. The van der Waals surface area contributed by atoms with E-state index < -0.39 is 10.0 Å². The van der Waals surface area contributed by atoms with Gasteiger partial charge in [-0.25, -0.2) is 13.1 Å². The highest BCUT2D eigenvalue weighted by molar-refractivity contribution is 7.89. The zero-order chi connectivity index (χ0) is 15.9. The van der Waals surface area contributed by atoms with E-state index in [1.54, 1.807) is 18.2 Å². The number of likely N-dealkylation sites (N-methyl/N-ethyl adjacent to an activating group) is 1. The van der Waals surface area contributed by atoms with E-state index >= 15 is 0 Å². The van der Waals surface area contributed by atoms with Crippen molar-refractivity contribution in [2.45, 2.75) is 31.2 Å². The van der Waals surface area contributed by atoms with Crippen molar-refractivity contribution in [1.82, 2.24) is 14.9 Å². The first-order chi connectivity index (χ1) is 9.86. The molecule has 0 aromatic heterocycles. The van der Waals surface area contributed by atoms with Crippen LogP contribution in [-0.4, -0.2) is 47.0 Å². The molecule has 1 aromatic rings. The van der Waals surface area contributed by atoms with Gasteiger partial charge in [0.1, 0.15) is 0 Å². The standard InChI is InChI=1S/C15H27N3O2S/c1-5-9-16-13(2)14-7-6-8-15(12-14)21(19,20)17-10-11-18(3)4/h6-8,12-13,16-17H,5,9-11H2,1-4H3. The van der Waals surface area contributed by atoms with Crippen molar-refractivity contribution < 1.29 is 8.42 Å². The molecule has 5 nitrogen and oxygen atoms in total. The summed E-state index contributed by atoms with van der Waals surface area (Å²) in [6.07, 6.45) is 1.05. The Morgan fingerprint density at radius 1 is 1.24 bits per heavy atom. The quantitative estimate of drug-likeness (QED) is 0.727. The molecule has 6 heteroatoms. The molecule has 1 atom stereocenters. The lowest BCUT2D eigenvalue weighted by molar-refractivity contribution is 0.412. The Bertz CT molecular complexity index is 529. The van der Waals surface area contributed by atoms with E-state index in [-0.39, 0.29) is 6.04 Å². The Kier molecular flexibility index (Phi) is 7.31. The summed E-state index contributed by atoms with van der Waals surface area (Å²) in [5.41, 5.74) is 0.985. The van der Waals surface area contributed by atoms with Gasteiger partial charge < -0.3 is 10.2 Å². The Morgan fingerprint density at radius 3 is 2.57 bits per heavy atom. The van der Waals surface area contributed by atoms with Crippen LogP contribution >= 0.6 is 0 Å².